The van der Waals surface area contributed by atoms with E-state index in [4.69, 9.17) is 4.84 Å². The van der Waals surface area contributed by atoms with Gasteiger partial charge in [-0.2, -0.15) is 13.2 Å². The fourth-order valence-corrected chi connectivity index (χ4v) is 6.62. The molecular formula is C38H44F4N6O4S. The first-order chi connectivity index (χ1) is 24.8. The van der Waals surface area contributed by atoms with Crippen LogP contribution in [-0.2, 0) is 29.6 Å². The molecule has 15 heteroatoms. The van der Waals surface area contributed by atoms with Crippen molar-refractivity contribution in [2.75, 3.05) is 5.32 Å². The molecule has 0 unspecified atom stereocenters. The monoisotopic (exact) mass is 756 g/mol. The Balaban J connectivity index is 1.52. The summed E-state index contributed by atoms with van der Waals surface area (Å²) in [5.41, 5.74) is -2.77. The molecule has 2 amide bonds. The van der Waals surface area contributed by atoms with Gasteiger partial charge in [0.05, 0.1) is 5.69 Å². The van der Waals surface area contributed by atoms with Crippen LogP contribution in [0.15, 0.2) is 79.1 Å². The number of benzene rings is 2. The number of carbonyl (C=O) groups is 2. The Morgan fingerprint density at radius 1 is 0.962 bits per heavy atom. The van der Waals surface area contributed by atoms with E-state index in [-0.39, 0.29) is 17.1 Å². The number of halogens is 4. The minimum atomic E-state index is -5.01. The number of amides is 2. The Labute approximate surface area is 309 Å². The van der Waals surface area contributed by atoms with Crippen LogP contribution in [0.25, 0.3) is 0 Å². The number of rotatable bonds is 12. The summed E-state index contributed by atoms with van der Waals surface area (Å²) in [6, 6.07) is 16.9. The fraction of sp³-hybridized carbons (Fsp3) is 0.421. The fourth-order valence-electron chi connectivity index (χ4n) is 5.66. The van der Waals surface area contributed by atoms with Gasteiger partial charge < -0.3 is 9.87 Å². The lowest BCUT2D eigenvalue weighted by atomic mass is 9.79. The molecular weight excluding hydrogens is 713 g/mol. The first kappa shape index (κ1) is 39.7. The number of aromatic nitrogens is 3. The summed E-state index contributed by atoms with van der Waals surface area (Å²) in [7, 11) is 0. The van der Waals surface area contributed by atoms with Gasteiger partial charge in [0.15, 0.2) is 11.4 Å². The molecule has 0 radical (unpaired) electrons. The number of nitrogens with zero attached hydrogens (tertiary/aromatic N) is 4. The Kier molecular flexibility index (Phi) is 11.6. The van der Waals surface area contributed by atoms with Gasteiger partial charge in [-0.15, -0.1) is 9.82 Å². The van der Waals surface area contributed by atoms with Gasteiger partial charge in [-0.25, -0.2) is 9.18 Å². The highest BCUT2D eigenvalue weighted by atomic mass is 32.2. The molecule has 1 fully saturated rings. The molecule has 284 valence electrons. The van der Waals surface area contributed by atoms with E-state index in [1.54, 1.807) is 75.6 Å². The van der Waals surface area contributed by atoms with Crippen LogP contribution in [0.4, 0.5) is 28.0 Å². The second-order valence-electron chi connectivity index (χ2n) is 15.1. The molecule has 0 spiro atoms. The third-order valence-electron chi connectivity index (χ3n) is 8.91. The number of nitrogens with one attached hydrogen (secondary N) is 2. The molecule has 10 nitrogen and oxygen atoms in total. The summed E-state index contributed by atoms with van der Waals surface area (Å²) in [6.07, 6.45) is 0.438. The van der Waals surface area contributed by atoms with E-state index in [0.29, 0.717) is 29.5 Å². The topological polar surface area (TPSA) is 124 Å². The minimum Gasteiger partial charge on any atom is -0.598 e. The second-order valence-corrected chi connectivity index (χ2v) is 17.1. The standard InChI is InChI=1S/C38H44F4N6O4S/c1-35(2,3)47(24-26-10-8-7-9-11-26)34(50)52-48-31(23-32(45-48)38(40,41)42)33(49)44-30-22-28(14-15-29(30)39)37(19-16-25-12-13-25,27-17-20-43-21-18-27)46-53(51)36(4,5)6/h7-11,14-15,17-18,20-23,25,46H,12-13,16,19,24H2,1-6H3,(H,44,49)/t37-,53+/m0/s1. The van der Waals surface area contributed by atoms with Crippen LogP contribution < -0.4 is 14.9 Å². The van der Waals surface area contributed by atoms with E-state index in [1.165, 1.54) is 17.0 Å². The van der Waals surface area contributed by atoms with Crippen LogP contribution in [0.3, 0.4) is 0 Å². The molecule has 1 aliphatic rings. The smallest absolute Gasteiger partial charge is 0.436 e. The van der Waals surface area contributed by atoms with E-state index < -0.39 is 62.6 Å². The van der Waals surface area contributed by atoms with Crippen molar-refractivity contribution in [1.29, 1.82) is 0 Å². The molecule has 2 heterocycles. The van der Waals surface area contributed by atoms with Crippen molar-refractivity contribution < 1.29 is 36.5 Å². The summed E-state index contributed by atoms with van der Waals surface area (Å²) < 4.78 is 73.7. The van der Waals surface area contributed by atoms with E-state index in [1.807, 2.05) is 20.8 Å². The summed E-state index contributed by atoms with van der Waals surface area (Å²) >= 11 is -1.62. The maximum atomic E-state index is 15.6. The molecule has 0 saturated heterocycles. The van der Waals surface area contributed by atoms with Crippen LogP contribution in [0.1, 0.15) is 100 Å². The molecule has 2 N–H and O–H groups in total. The largest absolute Gasteiger partial charge is 0.598 e. The van der Waals surface area contributed by atoms with Gasteiger partial charge in [0, 0.05) is 41.9 Å². The van der Waals surface area contributed by atoms with Crippen LogP contribution in [-0.4, -0.2) is 46.7 Å². The average Bonchev–Trinajstić information content (AvgIpc) is 3.82. The van der Waals surface area contributed by atoms with Gasteiger partial charge >= 0.3 is 12.3 Å². The second kappa shape index (κ2) is 15.5. The number of anilines is 1. The maximum absolute atomic E-state index is 15.6. The van der Waals surface area contributed by atoms with E-state index in [9.17, 15) is 27.3 Å². The highest BCUT2D eigenvalue weighted by molar-refractivity contribution is 7.90. The normalized spacial score (nSPS) is 15.4. The van der Waals surface area contributed by atoms with Crippen LogP contribution in [0.2, 0.25) is 0 Å². The quantitative estimate of drug-likeness (QED) is 0.111. The van der Waals surface area contributed by atoms with Crippen molar-refractivity contribution in [3.63, 3.8) is 0 Å². The molecule has 2 aromatic carbocycles. The van der Waals surface area contributed by atoms with Gasteiger partial charge in [0.1, 0.15) is 16.1 Å². The number of hydrogen-bond donors (Lipinski definition) is 2. The van der Waals surface area contributed by atoms with Gasteiger partial charge in [0.25, 0.3) is 5.91 Å². The Bertz CT molecular complexity index is 1890. The van der Waals surface area contributed by atoms with Gasteiger partial charge in [-0.3, -0.25) is 19.5 Å². The van der Waals surface area contributed by atoms with Gasteiger partial charge in [0.2, 0.25) is 0 Å². The molecule has 5 rings (SSSR count). The van der Waals surface area contributed by atoms with Crippen LogP contribution >= 0.6 is 0 Å². The highest BCUT2D eigenvalue weighted by Crippen LogP contribution is 2.43. The zero-order chi connectivity index (χ0) is 38.8. The lowest BCUT2D eigenvalue weighted by molar-refractivity contribution is -0.142. The first-order valence-corrected chi connectivity index (χ1v) is 18.4. The summed E-state index contributed by atoms with van der Waals surface area (Å²) in [5, 5.41) is 5.76. The number of carbonyl (C=O) groups excluding carboxylic acids is 2. The number of hydrogen-bond acceptors (Lipinski definition) is 7. The molecule has 0 bridgehead atoms. The average molecular weight is 757 g/mol. The van der Waals surface area contributed by atoms with Crippen molar-refractivity contribution >= 4 is 29.0 Å². The number of alkyl halides is 3. The lowest BCUT2D eigenvalue weighted by Crippen LogP contribution is -2.52. The number of pyridine rings is 1. The summed E-state index contributed by atoms with van der Waals surface area (Å²) in [5.74, 6) is -1.64. The lowest BCUT2D eigenvalue weighted by Gasteiger charge is -2.38. The maximum Gasteiger partial charge on any atom is 0.436 e. The zero-order valence-corrected chi connectivity index (χ0v) is 31.3. The SMILES string of the molecule is CC(C)(C)N(Cc1ccccc1)C(=O)On1nc(C(F)(F)F)cc1C(=O)Nc1cc([C@@](CCC2CC2)(N[S@+]([O-])C(C)(C)C)c2ccncc2)ccc1F. The summed E-state index contributed by atoms with van der Waals surface area (Å²) in [6.45, 7) is 10.6. The van der Waals surface area contributed by atoms with Crippen LogP contribution in [0.5, 0.6) is 0 Å². The molecule has 1 saturated carbocycles. The van der Waals surface area contributed by atoms with Crippen molar-refractivity contribution in [2.45, 2.75) is 95.8 Å². The third kappa shape index (κ3) is 9.75. The molecule has 2 atom stereocenters. The van der Waals surface area contributed by atoms with Gasteiger partial charge in [-0.05, 0) is 101 Å². The zero-order valence-electron chi connectivity index (χ0n) is 30.5. The molecule has 2 aromatic heterocycles. The Hall–Kier alpha value is -4.47. The Morgan fingerprint density at radius 2 is 1.62 bits per heavy atom. The van der Waals surface area contributed by atoms with E-state index in [0.717, 1.165) is 30.9 Å². The van der Waals surface area contributed by atoms with Crippen molar-refractivity contribution in [2.24, 2.45) is 5.92 Å². The Morgan fingerprint density at radius 3 is 2.21 bits per heavy atom. The van der Waals surface area contributed by atoms with E-state index >= 15 is 4.39 Å². The molecule has 0 aliphatic heterocycles. The third-order valence-corrected chi connectivity index (χ3v) is 10.6. The predicted molar refractivity (Wildman–Crippen MR) is 193 cm³/mol. The van der Waals surface area contributed by atoms with Crippen molar-refractivity contribution in [3.05, 3.63) is 113 Å². The first-order valence-electron chi connectivity index (χ1n) is 17.2. The predicted octanol–water partition coefficient (Wildman–Crippen LogP) is 8.02. The molecule has 1 aliphatic carbocycles. The van der Waals surface area contributed by atoms with E-state index in [2.05, 4.69) is 20.1 Å². The van der Waals surface area contributed by atoms with Crippen LogP contribution in [0, 0.1) is 11.7 Å². The van der Waals surface area contributed by atoms with Gasteiger partial charge in [-0.1, -0.05) is 54.1 Å². The van der Waals surface area contributed by atoms with Crippen molar-refractivity contribution in [3.8, 4) is 0 Å². The molecule has 4 aromatic rings. The highest BCUT2D eigenvalue weighted by Gasteiger charge is 2.44. The molecule has 53 heavy (non-hydrogen) atoms. The summed E-state index contributed by atoms with van der Waals surface area (Å²) in [4.78, 5) is 38.2. The van der Waals surface area contributed by atoms with Crippen molar-refractivity contribution in [1.82, 2.24) is 24.5 Å². The minimum absolute atomic E-state index is 0.0457.